The van der Waals surface area contributed by atoms with Crippen LogP contribution < -0.4 is 0 Å². The minimum Gasteiger partial charge on any atom is -0.475 e. The van der Waals surface area contributed by atoms with Crippen molar-refractivity contribution in [1.29, 1.82) is 0 Å². The van der Waals surface area contributed by atoms with Gasteiger partial charge in [-0.2, -0.15) is 13.2 Å². The summed E-state index contributed by atoms with van der Waals surface area (Å²) in [6, 6.07) is 12.1. The molecule has 0 aliphatic rings. The number of hydrogen-bond acceptors (Lipinski definition) is 3. The number of benzene rings is 1. The fraction of sp³-hybridized carbons (Fsp3) is 0.0714. The molecule has 0 fully saturated rings. The van der Waals surface area contributed by atoms with Crippen LogP contribution in [0.15, 0.2) is 48.8 Å². The summed E-state index contributed by atoms with van der Waals surface area (Å²) in [6.45, 7) is 0. The molecule has 4 nitrogen and oxygen atoms in total. The second-order valence-corrected chi connectivity index (χ2v) is 4.01. The Kier molecular flexibility index (Phi) is 5.97. The van der Waals surface area contributed by atoms with Crippen molar-refractivity contribution in [1.82, 2.24) is 9.97 Å². The molecule has 3 aromatic rings. The van der Waals surface area contributed by atoms with Gasteiger partial charge < -0.3 is 5.11 Å². The van der Waals surface area contributed by atoms with Gasteiger partial charge in [0.15, 0.2) is 0 Å². The van der Waals surface area contributed by atoms with Gasteiger partial charge in [-0.25, -0.2) is 4.79 Å². The Balaban J connectivity index is 0.000000264. The van der Waals surface area contributed by atoms with Crippen LogP contribution in [0.5, 0.6) is 0 Å². The van der Waals surface area contributed by atoms with Crippen molar-refractivity contribution in [2.45, 2.75) is 6.18 Å². The molecule has 0 atom stereocenters. The van der Waals surface area contributed by atoms with Crippen molar-refractivity contribution in [3.8, 4) is 0 Å². The summed E-state index contributed by atoms with van der Waals surface area (Å²) in [4.78, 5) is 17.6. The van der Waals surface area contributed by atoms with E-state index < -0.39 is 12.1 Å². The number of alkyl halides is 3. The third-order valence-electron chi connectivity index (χ3n) is 2.60. The molecule has 0 saturated heterocycles. The first-order valence-corrected chi connectivity index (χ1v) is 5.78. The van der Waals surface area contributed by atoms with E-state index in [-0.39, 0.29) is 20.4 Å². The maximum atomic E-state index is 10.6. The molecule has 0 bridgehead atoms. The van der Waals surface area contributed by atoms with E-state index in [4.69, 9.17) is 9.90 Å². The predicted octanol–water partition coefficient (Wildman–Crippen LogP) is 3.41. The first-order valence-electron chi connectivity index (χ1n) is 5.78. The van der Waals surface area contributed by atoms with E-state index in [0.717, 1.165) is 21.8 Å². The van der Waals surface area contributed by atoms with Crippen molar-refractivity contribution >= 4 is 27.8 Å². The number of carboxylic acid groups (broad SMARTS) is 1. The molecule has 1 N–H and O–H groups in total. The maximum absolute atomic E-state index is 10.6. The van der Waals surface area contributed by atoms with E-state index in [1.807, 2.05) is 24.4 Å². The van der Waals surface area contributed by atoms with Gasteiger partial charge in [0, 0.05) is 43.6 Å². The minimum atomic E-state index is -5.08. The summed E-state index contributed by atoms with van der Waals surface area (Å²) in [5.41, 5.74) is 2.02. The average molecular weight is 401 g/mol. The van der Waals surface area contributed by atoms with E-state index >= 15 is 0 Å². The summed E-state index contributed by atoms with van der Waals surface area (Å²) in [5.74, 6) is -2.76. The van der Waals surface area contributed by atoms with Gasteiger partial charge in [0.1, 0.15) is 0 Å². The number of hydrogen-bond donors (Lipinski definition) is 1. The van der Waals surface area contributed by atoms with E-state index in [0.29, 0.717) is 0 Å². The molecule has 0 aliphatic carbocycles. The number of carbonyl (C=O) groups is 1. The third-order valence-corrected chi connectivity index (χ3v) is 2.60. The summed E-state index contributed by atoms with van der Waals surface area (Å²) >= 11 is 0. The Bertz CT molecular complexity index is 739. The number of rotatable bonds is 0. The van der Waals surface area contributed by atoms with E-state index in [1.54, 1.807) is 6.20 Å². The Morgan fingerprint density at radius 3 is 2.23 bits per heavy atom. The first kappa shape index (κ1) is 18.0. The van der Waals surface area contributed by atoms with Crippen LogP contribution in [-0.4, -0.2) is 27.2 Å². The van der Waals surface area contributed by atoms with E-state index in [9.17, 15) is 13.2 Å². The van der Waals surface area contributed by atoms with Crippen LogP contribution in [0, 0.1) is 0 Å². The molecule has 2 heterocycles. The molecule has 3 rings (SSSR count). The monoisotopic (exact) mass is 400 g/mol. The molecular formula is C14H9F3N2O2Pd. The van der Waals surface area contributed by atoms with Crippen LogP contribution in [0.4, 0.5) is 13.2 Å². The zero-order valence-corrected chi connectivity index (χ0v) is 12.4. The van der Waals surface area contributed by atoms with Crippen LogP contribution in [0.1, 0.15) is 0 Å². The zero-order chi connectivity index (χ0) is 15.5. The van der Waals surface area contributed by atoms with Gasteiger partial charge in [0.25, 0.3) is 0 Å². The summed E-state index contributed by atoms with van der Waals surface area (Å²) < 4.78 is 31.7. The fourth-order valence-electron chi connectivity index (χ4n) is 1.70. The SMILES string of the molecule is O=C(O)C(F)(F)F.[Pd].c1cnc2c(c1)ccc1ncccc12. The number of nitrogens with zero attached hydrogens (tertiary/aromatic N) is 2. The van der Waals surface area contributed by atoms with Gasteiger partial charge in [-0.05, 0) is 24.3 Å². The molecule has 2 aromatic heterocycles. The van der Waals surface area contributed by atoms with Crippen LogP contribution in [0.2, 0.25) is 0 Å². The van der Waals surface area contributed by atoms with Crippen LogP contribution in [0.3, 0.4) is 0 Å². The number of carboxylic acids is 1. The normalized spacial score (nSPS) is 10.5. The Hall–Kier alpha value is -2.04. The molecule has 0 unspecified atom stereocenters. The number of aromatic nitrogens is 2. The van der Waals surface area contributed by atoms with E-state index in [2.05, 4.69) is 28.2 Å². The summed E-state index contributed by atoms with van der Waals surface area (Å²) in [6.07, 6.45) is -1.47. The molecule has 0 spiro atoms. The molecule has 0 radical (unpaired) electrons. The van der Waals surface area contributed by atoms with Crippen molar-refractivity contribution in [3.63, 3.8) is 0 Å². The van der Waals surface area contributed by atoms with Crippen LogP contribution in [0.25, 0.3) is 21.8 Å². The van der Waals surface area contributed by atoms with E-state index in [1.165, 1.54) is 0 Å². The van der Waals surface area contributed by atoms with Crippen LogP contribution >= 0.6 is 0 Å². The Morgan fingerprint density at radius 2 is 1.59 bits per heavy atom. The largest absolute Gasteiger partial charge is 0.490 e. The Labute approximate surface area is 136 Å². The molecule has 0 amide bonds. The summed E-state index contributed by atoms with van der Waals surface area (Å²) in [5, 5.41) is 9.40. The third kappa shape index (κ3) is 4.23. The van der Waals surface area contributed by atoms with Crippen molar-refractivity contribution < 1.29 is 43.5 Å². The standard InChI is InChI=1S/C12H8N2.C2HF3O2.Pd/c1-3-9-5-6-11-10(4-2-7-13-11)12(9)14-8-1;3-2(4,5)1(6)7;/h1-8H;(H,6,7);. The number of halogens is 3. The molecule has 118 valence electrons. The average Bonchev–Trinajstić information content (AvgIpc) is 2.47. The van der Waals surface area contributed by atoms with Crippen molar-refractivity contribution in [2.24, 2.45) is 0 Å². The Morgan fingerprint density at radius 1 is 1.00 bits per heavy atom. The predicted molar refractivity (Wildman–Crippen MR) is 70.7 cm³/mol. The van der Waals surface area contributed by atoms with Gasteiger partial charge >= 0.3 is 12.1 Å². The van der Waals surface area contributed by atoms with Gasteiger partial charge in [-0.1, -0.05) is 12.1 Å². The number of fused-ring (bicyclic) bond motifs is 3. The van der Waals surface area contributed by atoms with Gasteiger partial charge in [0.05, 0.1) is 11.0 Å². The molecule has 22 heavy (non-hydrogen) atoms. The number of aliphatic carboxylic acids is 1. The first-order chi connectivity index (χ1) is 9.89. The summed E-state index contributed by atoms with van der Waals surface area (Å²) in [7, 11) is 0. The van der Waals surface area contributed by atoms with Crippen molar-refractivity contribution in [3.05, 3.63) is 48.8 Å². The smallest absolute Gasteiger partial charge is 0.475 e. The zero-order valence-electron chi connectivity index (χ0n) is 10.8. The fourth-order valence-corrected chi connectivity index (χ4v) is 1.70. The minimum absolute atomic E-state index is 0. The second kappa shape index (κ2) is 7.29. The number of pyridine rings is 2. The molecule has 1 aromatic carbocycles. The molecule has 0 aliphatic heterocycles. The molecule has 8 heteroatoms. The van der Waals surface area contributed by atoms with Gasteiger partial charge in [0.2, 0.25) is 0 Å². The second-order valence-electron chi connectivity index (χ2n) is 4.01. The topological polar surface area (TPSA) is 63.1 Å². The molecule has 0 saturated carbocycles. The van der Waals surface area contributed by atoms with Crippen molar-refractivity contribution in [2.75, 3.05) is 0 Å². The van der Waals surface area contributed by atoms with Gasteiger partial charge in [-0.3, -0.25) is 9.97 Å². The quantitative estimate of drug-likeness (QED) is 0.464. The van der Waals surface area contributed by atoms with Gasteiger partial charge in [-0.15, -0.1) is 0 Å². The van der Waals surface area contributed by atoms with Crippen LogP contribution in [-0.2, 0) is 25.2 Å². The molecular weight excluding hydrogens is 392 g/mol. The maximum Gasteiger partial charge on any atom is 0.490 e.